The highest BCUT2D eigenvalue weighted by molar-refractivity contribution is 5.86. The predicted octanol–water partition coefficient (Wildman–Crippen LogP) is 5.19. The zero-order valence-electron chi connectivity index (χ0n) is 24.2. The third kappa shape index (κ3) is 12.3. The normalized spacial score (nSPS) is 11.4. The summed E-state index contributed by atoms with van der Waals surface area (Å²) in [6, 6.07) is 3.70. The van der Waals surface area contributed by atoms with E-state index in [2.05, 4.69) is 64.1 Å². The number of carbonyl (C=O) groups excluding carboxylic acids is 3. The number of urea groups is 1. The molecule has 0 spiro atoms. The molecule has 0 unspecified atom stereocenters. The number of carbonyl (C=O) groups is 3. The third-order valence-corrected chi connectivity index (χ3v) is 5.80. The summed E-state index contributed by atoms with van der Waals surface area (Å²) in [7, 11) is 0. The average Bonchev–Trinajstić information content (AvgIpc) is 2.81. The van der Waals surface area contributed by atoms with Crippen molar-refractivity contribution in [2.75, 3.05) is 26.3 Å². The Morgan fingerprint density at radius 2 is 1.32 bits per heavy atom. The van der Waals surface area contributed by atoms with Gasteiger partial charge in [-0.25, -0.2) is 14.4 Å². The molecule has 4 N–H and O–H groups in total. The molecular weight excluding hydrogens is 486 g/mol. The number of hydrogen-bond acceptors (Lipinski definition) is 6. The molecule has 1 rings (SSSR count). The first-order chi connectivity index (χ1) is 17.6. The van der Waals surface area contributed by atoms with Gasteiger partial charge < -0.3 is 30.5 Å². The Hall–Kier alpha value is -3.23. The van der Waals surface area contributed by atoms with E-state index in [4.69, 9.17) is 9.47 Å². The SMILES string of the molecule is C=C(C)C(=O)OCCOC(=O)NCCCCCCNC(=O)NCc1cc(C(C)(C)C)c(O)c(C(C)(C)C)c1. The molecule has 38 heavy (non-hydrogen) atoms. The standard InChI is InChI=1S/C29H47N3O6/c1-20(2)25(34)37-15-16-38-27(36)31-14-12-10-9-11-13-30-26(35)32-19-21-17-22(28(3,4)5)24(33)23(18-21)29(6,7)8/h17-18,33H,1,9-16,19H2,2-8H3,(H,31,36)(H2,30,32,35). The first-order valence-electron chi connectivity index (χ1n) is 13.2. The number of amides is 3. The minimum absolute atomic E-state index is 0.00938. The van der Waals surface area contributed by atoms with Gasteiger partial charge in [-0.1, -0.05) is 61.0 Å². The molecule has 0 radical (unpaired) electrons. The quantitative estimate of drug-likeness (QED) is 0.157. The van der Waals surface area contributed by atoms with Crippen LogP contribution in [-0.2, 0) is 31.6 Å². The summed E-state index contributed by atoms with van der Waals surface area (Å²) < 4.78 is 9.77. The van der Waals surface area contributed by atoms with Crippen molar-refractivity contribution in [1.82, 2.24) is 16.0 Å². The van der Waals surface area contributed by atoms with Crippen molar-refractivity contribution < 1.29 is 29.0 Å². The van der Waals surface area contributed by atoms with Crippen LogP contribution in [0.5, 0.6) is 5.75 Å². The Kier molecular flexibility index (Phi) is 13.2. The number of hydrogen-bond donors (Lipinski definition) is 4. The van der Waals surface area contributed by atoms with E-state index < -0.39 is 12.1 Å². The van der Waals surface area contributed by atoms with Crippen LogP contribution in [0.4, 0.5) is 9.59 Å². The maximum Gasteiger partial charge on any atom is 0.407 e. The lowest BCUT2D eigenvalue weighted by molar-refractivity contribution is -0.139. The van der Waals surface area contributed by atoms with Crippen molar-refractivity contribution in [2.45, 2.75) is 91.5 Å². The summed E-state index contributed by atoms with van der Waals surface area (Å²) >= 11 is 0. The van der Waals surface area contributed by atoms with Crippen LogP contribution in [-0.4, -0.2) is 49.5 Å². The number of phenols is 1. The largest absolute Gasteiger partial charge is 0.507 e. The highest BCUT2D eigenvalue weighted by atomic mass is 16.6. The van der Waals surface area contributed by atoms with Crippen LogP contribution in [0.1, 0.15) is 90.8 Å². The van der Waals surface area contributed by atoms with Gasteiger partial charge in [0.15, 0.2) is 0 Å². The predicted molar refractivity (Wildman–Crippen MR) is 149 cm³/mol. The highest BCUT2D eigenvalue weighted by Gasteiger charge is 2.26. The monoisotopic (exact) mass is 533 g/mol. The van der Waals surface area contributed by atoms with Crippen LogP contribution >= 0.6 is 0 Å². The molecule has 0 fully saturated rings. The van der Waals surface area contributed by atoms with Gasteiger partial charge in [0, 0.05) is 25.2 Å². The number of phenolic OH excluding ortho intramolecular Hbond substituents is 1. The van der Waals surface area contributed by atoms with E-state index in [1.165, 1.54) is 0 Å². The number of ether oxygens (including phenoxy) is 2. The van der Waals surface area contributed by atoms with Crippen LogP contribution in [0.25, 0.3) is 0 Å². The number of unbranched alkanes of at least 4 members (excludes halogenated alkanes) is 3. The Bertz CT molecular complexity index is 925. The van der Waals surface area contributed by atoms with Gasteiger partial charge in [-0.3, -0.25) is 0 Å². The van der Waals surface area contributed by atoms with Crippen molar-refractivity contribution in [3.63, 3.8) is 0 Å². The van der Waals surface area contributed by atoms with Gasteiger partial charge in [-0.2, -0.15) is 0 Å². The summed E-state index contributed by atoms with van der Waals surface area (Å²) in [5, 5.41) is 19.3. The van der Waals surface area contributed by atoms with Crippen molar-refractivity contribution in [3.8, 4) is 5.75 Å². The lowest BCUT2D eigenvalue weighted by Gasteiger charge is -2.28. The van der Waals surface area contributed by atoms with Gasteiger partial charge in [-0.15, -0.1) is 0 Å². The molecule has 0 aliphatic heterocycles. The first-order valence-corrected chi connectivity index (χ1v) is 13.2. The fraction of sp³-hybridized carbons (Fsp3) is 0.621. The zero-order chi connectivity index (χ0) is 28.9. The fourth-order valence-electron chi connectivity index (χ4n) is 3.62. The minimum atomic E-state index is -0.549. The van der Waals surface area contributed by atoms with Crippen LogP contribution in [0, 0.1) is 0 Å². The molecule has 0 atom stereocenters. The smallest absolute Gasteiger partial charge is 0.407 e. The fourth-order valence-corrected chi connectivity index (χ4v) is 3.62. The summed E-state index contributed by atoms with van der Waals surface area (Å²) in [5.41, 5.74) is 2.54. The average molecular weight is 534 g/mol. The van der Waals surface area contributed by atoms with Crippen molar-refractivity contribution in [2.24, 2.45) is 0 Å². The van der Waals surface area contributed by atoms with Gasteiger partial charge in [0.05, 0.1) is 0 Å². The second kappa shape index (κ2) is 15.2. The number of esters is 1. The molecule has 0 saturated carbocycles. The molecule has 1 aromatic carbocycles. The Morgan fingerprint density at radius 1 is 0.816 bits per heavy atom. The molecular formula is C29H47N3O6. The molecule has 0 saturated heterocycles. The number of benzene rings is 1. The van der Waals surface area contributed by atoms with Crippen LogP contribution in [0.15, 0.2) is 24.3 Å². The van der Waals surface area contributed by atoms with Crippen LogP contribution < -0.4 is 16.0 Å². The number of aromatic hydroxyl groups is 1. The molecule has 9 nitrogen and oxygen atoms in total. The summed E-state index contributed by atoms with van der Waals surface area (Å²) in [6.45, 7) is 18.8. The summed E-state index contributed by atoms with van der Waals surface area (Å²) in [4.78, 5) is 35.1. The van der Waals surface area contributed by atoms with E-state index in [-0.39, 0.29) is 30.1 Å². The molecule has 3 amide bonds. The highest BCUT2D eigenvalue weighted by Crippen LogP contribution is 2.39. The number of nitrogens with one attached hydrogen (secondary N) is 3. The molecule has 1 aromatic rings. The molecule has 0 heterocycles. The Labute approximate surface area is 227 Å². The first kappa shape index (κ1) is 32.8. The van der Waals surface area contributed by atoms with Gasteiger partial charge in [0.2, 0.25) is 0 Å². The van der Waals surface area contributed by atoms with E-state index in [9.17, 15) is 19.5 Å². The lowest BCUT2D eigenvalue weighted by Crippen LogP contribution is -2.35. The van der Waals surface area contributed by atoms with Crippen LogP contribution in [0.3, 0.4) is 0 Å². The molecule has 0 aliphatic carbocycles. The minimum Gasteiger partial charge on any atom is -0.507 e. The van der Waals surface area contributed by atoms with E-state index >= 15 is 0 Å². The second-order valence-electron chi connectivity index (χ2n) is 11.5. The van der Waals surface area contributed by atoms with E-state index in [0.717, 1.165) is 42.4 Å². The van der Waals surface area contributed by atoms with Gasteiger partial charge in [-0.05, 0) is 59.4 Å². The van der Waals surface area contributed by atoms with Gasteiger partial charge >= 0.3 is 18.1 Å². The second-order valence-corrected chi connectivity index (χ2v) is 11.5. The van der Waals surface area contributed by atoms with E-state index in [0.29, 0.717) is 31.0 Å². The molecule has 9 heteroatoms. The maximum absolute atomic E-state index is 12.3. The number of alkyl carbamates (subject to hydrolysis) is 1. The maximum atomic E-state index is 12.3. The van der Waals surface area contributed by atoms with Crippen LogP contribution in [0.2, 0.25) is 0 Å². The van der Waals surface area contributed by atoms with Crippen molar-refractivity contribution in [1.29, 1.82) is 0 Å². The third-order valence-electron chi connectivity index (χ3n) is 5.80. The molecule has 0 aromatic heterocycles. The molecule has 0 aliphatic rings. The zero-order valence-corrected chi connectivity index (χ0v) is 24.2. The van der Waals surface area contributed by atoms with Gasteiger partial charge in [0.1, 0.15) is 19.0 Å². The molecule has 0 bridgehead atoms. The van der Waals surface area contributed by atoms with Gasteiger partial charge in [0.25, 0.3) is 0 Å². The number of rotatable bonds is 13. The molecule has 214 valence electrons. The Morgan fingerprint density at radius 3 is 1.82 bits per heavy atom. The lowest BCUT2D eigenvalue weighted by atomic mass is 9.78. The van der Waals surface area contributed by atoms with E-state index in [1.54, 1.807) is 6.92 Å². The summed E-state index contributed by atoms with van der Waals surface area (Å²) in [6.07, 6.45) is 2.88. The van der Waals surface area contributed by atoms with Crippen molar-refractivity contribution in [3.05, 3.63) is 41.0 Å². The topological polar surface area (TPSA) is 126 Å². The van der Waals surface area contributed by atoms with E-state index in [1.807, 2.05) is 12.1 Å². The summed E-state index contributed by atoms with van der Waals surface area (Å²) in [5.74, 6) is -0.186. The Balaban J connectivity index is 2.26. The van der Waals surface area contributed by atoms with Crippen molar-refractivity contribution >= 4 is 18.1 Å².